The van der Waals surface area contributed by atoms with Crippen LogP contribution in [0.25, 0.3) is 0 Å². The molecule has 1 aromatic carbocycles. The van der Waals surface area contributed by atoms with E-state index in [1.807, 2.05) is 24.3 Å². The molecule has 0 heterocycles. The smallest absolute Gasteiger partial charge is 0.104 e. The summed E-state index contributed by atoms with van der Waals surface area (Å²) in [7, 11) is 0. The van der Waals surface area contributed by atoms with Crippen LogP contribution < -0.4 is 11.5 Å². The Morgan fingerprint density at radius 1 is 1.43 bits per heavy atom. The van der Waals surface area contributed by atoms with Gasteiger partial charge in [-0.1, -0.05) is 36.5 Å². The Kier molecular flexibility index (Phi) is 4.00. The zero-order valence-corrected chi connectivity index (χ0v) is 8.63. The molecule has 1 rings (SSSR count). The highest BCUT2D eigenvalue weighted by Crippen LogP contribution is 2.10. The molecular formula is C10H14N2OS. The lowest BCUT2D eigenvalue weighted by Gasteiger charge is -2.11. The average molecular weight is 210 g/mol. The molecule has 14 heavy (non-hydrogen) atoms. The summed E-state index contributed by atoms with van der Waals surface area (Å²) in [5.41, 5.74) is 13.0. The minimum atomic E-state index is -0.259. The lowest BCUT2D eigenvalue weighted by atomic mass is 10.0. The van der Waals surface area contributed by atoms with Crippen molar-refractivity contribution in [3.63, 3.8) is 0 Å². The van der Waals surface area contributed by atoms with Crippen LogP contribution in [0.1, 0.15) is 11.1 Å². The van der Waals surface area contributed by atoms with E-state index in [-0.39, 0.29) is 12.6 Å². The Morgan fingerprint density at radius 2 is 2.07 bits per heavy atom. The highest BCUT2D eigenvalue weighted by molar-refractivity contribution is 7.80. The summed E-state index contributed by atoms with van der Waals surface area (Å²) >= 11 is 4.91. The van der Waals surface area contributed by atoms with Crippen molar-refractivity contribution < 1.29 is 5.11 Å². The highest BCUT2D eigenvalue weighted by atomic mass is 32.1. The first-order chi connectivity index (χ1) is 6.65. The highest BCUT2D eigenvalue weighted by Gasteiger charge is 2.07. The second-order valence-corrected chi connectivity index (χ2v) is 3.61. The van der Waals surface area contributed by atoms with Gasteiger partial charge >= 0.3 is 0 Å². The van der Waals surface area contributed by atoms with Crippen molar-refractivity contribution in [1.29, 1.82) is 0 Å². The summed E-state index contributed by atoms with van der Waals surface area (Å²) in [4.78, 5) is 0.366. The van der Waals surface area contributed by atoms with Crippen LogP contribution >= 0.6 is 12.2 Å². The molecule has 1 aromatic rings. The van der Waals surface area contributed by atoms with Crippen molar-refractivity contribution in [1.82, 2.24) is 0 Å². The largest absolute Gasteiger partial charge is 0.395 e. The number of aliphatic hydroxyl groups excluding tert-OH is 1. The van der Waals surface area contributed by atoms with Gasteiger partial charge in [-0.15, -0.1) is 0 Å². The van der Waals surface area contributed by atoms with E-state index < -0.39 is 0 Å². The third-order valence-electron chi connectivity index (χ3n) is 2.00. The fraction of sp³-hybridized carbons (Fsp3) is 0.300. The Labute approximate surface area is 88.7 Å². The van der Waals surface area contributed by atoms with Crippen LogP contribution in [0.4, 0.5) is 0 Å². The van der Waals surface area contributed by atoms with Gasteiger partial charge in [-0.3, -0.25) is 0 Å². The molecule has 0 spiro atoms. The summed E-state index contributed by atoms with van der Waals surface area (Å²) in [6.07, 6.45) is 0.587. The lowest BCUT2D eigenvalue weighted by molar-refractivity contribution is 0.265. The minimum Gasteiger partial charge on any atom is -0.395 e. The van der Waals surface area contributed by atoms with Crippen molar-refractivity contribution in [3.05, 3.63) is 35.4 Å². The molecule has 0 radical (unpaired) electrons. The predicted molar refractivity (Wildman–Crippen MR) is 61.1 cm³/mol. The van der Waals surface area contributed by atoms with E-state index in [1.54, 1.807) is 0 Å². The van der Waals surface area contributed by atoms with Gasteiger partial charge in [0.05, 0.1) is 6.61 Å². The Morgan fingerprint density at radius 3 is 2.64 bits per heavy atom. The van der Waals surface area contributed by atoms with Crippen LogP contribution in [0.3, 0.4) is 0 Å². The molecule has 0 aromatic heterocycles. The number of hydrogen-bond acceptors (Lipinski definition) is 3. The zero-order chi connectivity index (χ0) is 10.6. The first kappa shape index (κ1) is 11.1. The monoisotopic (exact) mass is 210 g/mol. The summed E-state index contributed by atoms with van der Waals surface area (Å²) in [6.45, 7) is -0.0360. The molecule has 0 aliphatic carbocycles. The third kappa shape index (κ3) is 2.77. The first-order valence-corrected chi connectivity index (χ1v) is 4.80. The quantitative estimate of drug-likeness (QED) is 0.620. The van der Waals surface area contributed by atoms with Gasteiger partial charge in [-0.05, 0) is 12.0 Å². The summed E-state index contributed by atoms with van der Waals surface area (Å²) in [5, 5.41) is 8.84. The molecular weight excluding hydrogens is 196 g/mol. The van der Waals surface area contributed by atoms with Gasteiger partial charge in [-0.25, -0.2) is 0 Å². The van der Waals surface area contributed by atoms with Crippen LogP contribution in [0, 0.1) is 0 Å². The maximum absolute atomic E-state index is 8.84. The number of nitrogens with two attached hydrogens (primary N) is 2. The third-order valence-corrected chi connectivity index (χ3v) is 2.22. The van der Waals surface area contributed by atoms with E-state index >= 15 is 0 Å². The maximum atomic E-state index is 8.84. The van der Waals surface area contributed by atoms with E-state index in [0.717, 1.165) is 11.1 Å². The van der Waals surface area contributed by atoms with Gasteiger partial charge in [0.2, 0.25) is 0 Å². The van der Waals surface area contributed by atoms with Gasteiger partial charge in [0.15, 0.2) is 0 Å². The van der Waals surface area contributed by atoms with E-state index in [4.69, 9.17) is 28.8 Å². The average Bonchev–Trinajstić information content (AvgIpc) is 2.18. The molecule has 76 valence electrons. The normalized spacial score (nSPS) is 12.4. The predicted octanol–water partition coefficient (Wildman–Crippen LogP) is 0.183. The van der Waals surface area contributed by atoms with Gasteiger partial charge in [0, 0.05) is 11.6 Å². The Bertz CT molecular complexity index is 328. The van der Waals surface area contributed by atoms with Gasteiger partial charge in [0.1, 0.15) is 4.99 Å². The lowest BCUT2D eigenvalue weighted by Crippen LogP contribution is -2.28. The van der Waals surface area contributed by atoms with Crippen molar-refractivity contribution in [2.24, 2.45) is 11.5 Å². The number of benzene rings is 1. The minimum absolute atomic E-state index is 0.0360. The van der Waals surface area contributed by atoms with E-state index in [0.29, 0.717) is 11.4 Å². The standard InChI is InChI=1S/C10H14N2OS/c11-8(6-13)5-7-3-1-2-4-9(7)10(12)14/h1-4,8,13H,5-6,11H2,(H2,12,14)/t8-/m0/s1. The van der Waals surface area contributed by atoms with Crippen molar-refractivity contribution in [3.8, 4) is 0 Å². The molecule has 0 saturated heterocycles. The van der Waals surface area contributed by atoms with Gasteiger partial charge in [0.25, 0.3) is 0 Å². The van der Waals surface area contributed by atoms with Crippen LogP contribution in [0.5, 0.6) is 0 Å². The molecule has 5 N–H and O–H groups in total. The molecule has 0 aliphatic rings. The Balaban J connectivity index is 2.90. The molecule has 0 aliphatic heterocycles. The fourth-order valence-corrected chi connectivity index (χ4v) is 1.48. The van der Waals surface area contributed by atoms with Crippen molar-refractivity contribution in [2.45, 2.75) is 12.5 Å². The zero-order valence-electron chi connectivity index (χ0n) is 7.81. The molecule has 0 fully saturated rings. The molecule has 0 amide bonds. The van der Waals surface area contributed by atoms with Gasteiger partial charge < -0.3 is 16.6 Å². The number of rotatable bonds is 4. The topological polar surface area (TPSA) is 72.3 Å². The van der Waals surface area contributed by atoms with Crippen molar-refractivity contribution >= 4 is 17.2 Å². The molecule has 0 unspecified atom stereocenters. The van der Waals surface area contributed by atoms with Crippen LogP contribution in [0.15, 0.2) is 24.3 Å². The summed E-state index contributed by atoms with van der Waals surface area (Å²) < 4.78 is 0. The molecule has 4 heteroatoms. The van der Waals surface area contributed by atoms with Crippen molar-refractivity contribution in [2.75, 3.05) is 6.61 Å². The number of hydrogen-bond donors (Lipinski definition) is 3. The molecule has 0 bridgehead atoms. The SMILES string of the molecule is NC(=S)c1ccccc1C[C@H](N)CO. The Hall–Kier alpha value is -0.970. The van der Waals surface area contributed by atoms with Crippen LogP contribution in [-0.4, -0.2) is 22.7 Å². The summed E-state index contributed by atoms with van der Waals surface area (Å²) in [5.74, 6) is 0. The molecule has 1 atom stereocenters. The first-order valence-electron chi connectivity index (χ1n) is 4.39. The number of thiocarbonyl (C=S) groups is 1. The summed E-state index contributed by atoms with van der Waals surface area (Å²) in [6, 6.07) is 7.31. The fourth-order valence-electron chi connectivity index (χ4n) is 1.29. The van der Waals surface area contributed by atoms with E-state index in [1.165, 1.54) is 0 Å². The van der Waals surface area contributed by atoms with Gasteiger partial charge in [-0.2, -0.15) is 0 Å². The maximum Gasteiger partial charge on any atom is 0.104 e. The van der Waals surface area contributed by atoms with E-state index in [9.17, 15) is 0 Å². The molecule has 0 saturated carbocycles. The number of aliphatic hydroxyl groups is 1. The van der Waals surface area contributed by atoms with Crippen LogP contribution in [-0.2, 0) is 6.42 Å². The van der Waals surface area contributed by atoms with Crippen LogP contribution in [0.2, 0.25) is 0 Å². The second kappa shape index (κ2) is 5.05. The molecule has 3 nitrogen and oxygen atoms in total. The van der Waals surface area contributed by atoms with E-state index in [2.05, 4.69) is 0 Å². The second-order valence-electron chi connectivity index (χ2n) is 3.17.